The molecule has 1 aliphatic carbocycles. The van der Waals surface area contributed by atoms with E-state index in [9.17, 15) is 0 Å². The molecule has 0 N–H and O–H groups in total. The fourth-order valence-electron chi connectivity index (χ4n) is 4.21. The molecule has 0 heterocycles. The molecule has 0 atom stereocenters. The summed E-state index contributed by atoms with van der Waals surface area (Å²) in [5, 5.41) is 0. The highest BCUT2D eigenvalue weighted by Crippen LogP contribution is 2.40. The van der Waals surface area contributed by atoms with Gasteiger partial charge in [-0.3, -0.25) is 0 Å². The molecule has 0 bridgehead atoms. The van der Waals surface area contributed by atoms with Gasteiger partial charge < -0.3 is 0 Å². The second-order valence-electron chi connectivity index (χ2n) is 9.68. The third-order valence-electron chi connectivity index (χ3n) is 6.23. The summed E-state index contributed by atoms with van der Waals surface area (Å²) in [5.74, 6) is 1.52. The van der Waals surface area contributed by atoms with E-state index in [4.69, 9.17) is 0 Å². The van der Waals surface area contributed by atoms with E-state index in [1.165, 1.54) is 61.6 Å². The second kappa shape index (κ2) is 22.6. The van der Waals surface area contributed by atoms with Crippen LogP contribution in [0.4, 0.5) is 0 Å². The van der Waals surface area contributed by atoms with E-state index in [-0.39, 0.29) is 12.8 Å². The Hall–Kier alpha value is -1.82. The molecule has 35 heavy (non-hydrogen) atoms. The van der Waals surface area contributed by atoms with Gasteiger partial charge in [-0.25, -0.2) is 0 Å². The Labute approximate surface area is 222 Å². The lowest BCUT2D eigenvalue weighted by atomic mass is 9.75. The minimum atomic E-state index is 0. The van der Waals surface area contributed by atoms with Crippen molar-refractivity contribution in [1.29, 1.82) is 0 Å². The maximum absolute atomic E-state index is 3.00. The van der Waals surface area contributed by atoms with Gasteiger partial charge in [-0.15, -0.1) is 13.2 Å². The molecule has 0 heteroatoms. The molecular formula is C35H62. The van der Waals surface area contributed by atoms with E-state index in [0.717, 1.165) is 11.8 Å². The zero-order valence-electron chi connectivity index (χ0n) is 24.6. The van der Waals surface area contributed by atoms with Crippen LogP contribution in [0.2, 0.25) is 0 Å². The molecule has 0 amide bonds. The topological polar surface area (TPSA) is 0 Å². The summed E-state index contributed by atoms with van der Waals surface area (Å²) in [7, 11) is 0. The first-order valence-electron chi connectivity index (χ1n) is 14.0. The minimum Gasteiger partial charge on any atom is -0.106 e. The quantitative estimate of drug-likeness (QED) is 0.380. The Morgan fingerprint density at radius 1 is 0.657 bits per heavy atom. The van der Waals surface area contributed by atoms with Crippen molar-refractivity contribution in [3.8, 4) is 0 Å². The summed E-state index contributed by atoms with van der Waals surface area (Å²) in [6, 6.07) is 18.6. The lowest BCUT2D eigenvalue weighted by Crippen LogP contribution is -2.13. The number of hydrogen-bond donors (Lipinski definition) is 0. The molecular weight excluding hydrogens is 420 g/mol. The van der Waals surface area contributed by atoms with Crippen molar-refractivity contribution in [2.24, 2.45) is 0 Å². The Morgan fingerprint density at radius 2 is 0.971 bits per heavy atom. The van der Waals surface area contributed by atoms with Crippen molar-refractivity contribution in [3.63, 3.8) is 0 Å². The first kappa shape index (κ1) is 37.7. The Bertz CT molecular complexity index is 674. The first-order valence-corrected chi connectivity index (χ1v) is 14.0. The molecule has 1 fully saturated rings. The van der Waals surface area contributed by atoms with Crippen LogP contribution in [0.25, 0.3) is 0 Å². The van der Waals surface area contributed by atoms with Gasteiger partial charge in [0.2, 0.25) is 0 Å². The van der Waals surface area contributed by atoms with Crippen molar-refractivity contribution in [2.45, 2.75) is 139 Å². The van der Waals surface area contributed by atoms with Crippen LogP contribution in [0.15, 0.2) is 61.7 Å². The van der Waals surface area contributed by atoms with Crippen molar-refractivity contribution in [2.75, 3.05) is 0 Å². The van der Waals surface area contributed by atoms with E-state index in [0.29, 0.717) is 0 Å². The van der Waals surface area contributed by atoms with Crippen LogP contribution in [0.5, 0.6) is 0 Å². The fraction of sp³-hybridized carbons (Fsp3) is 0.600. The van der Waals surface area contributed by atoms with E-state index in [1.54, 1.807) is 5.56 Å². The maximum Gasteiger partial charge on any atom is -0.0132 e. The van der Waals surface area contributed by atoms with Crippen molar-refractivity contribution < 1.29 is 0 Å². The smallest absolute Gasteiger partial charge is 0.0132 e. The lowest BCUT2D eigenvalue weighted by molar-refractivity contribution is 0.396. The van der Waals surface area contributed by atoms with Gasteiger partial charge in [-0.2, -0.15) is 0 Å². The zero-order valence-corrected chi connectivity index (χ0v) is 24.6. The number of unbranched alkanes of at least 4 members (excludes halogenated alkanes) is 2. The minimum absolute atomic E-state index is 0. The van der Waals surface area contributed by atoms with Gasteiger partial charge in [-0.1, -0.05) is 143 Å². The van der Waals surface area contributed by atoms with Gasteiger partial charge in [0.25, 0.3) is 0 Å². The van der Waals surface area contributed by atoms with Gasteiger partial charge in [-0.05, 0) is 66.5 Å². The van der Waals surface area contributed by atoms with Crippen LogP contribution in [0, 0.1) is 6.92 Å². The summed E-state index contributed by atoms with van der Waals surface area (Å²) in [6.07, 6.45) is 9.39. The Morgan fingerprint density at radius 3 is 1.23 bits per heavy atom. The van der Waals surface area contributed by atoms with E-state index >= 15 is 0 Å². The van der Waals surface area contributed by atoms with Crippen LogP contribution in [-0.2, 0) is 5.41 Å². The lowest BCUT2D eigenvalue weighted by Gasteiger charge is -2.29. The van der Waals surface area contributed by atoms with Crippen molar-refractivity contribution >= 4 is 0 Å². The summed E-state index contributed by atoms with van der Waals surface area (Å²) in [4.78, 5) is 0. The molecule has 202 valence electrons. The third kappa shape index (κ3) is 15.0. The van der Waals surface area contributed by atoms with E-state index in [2.05, 4.69) is 103 Å². The van der Waals surface area contributed by atoms with Crippen molar-refractivity contribution in [1.82, 2.24) is 0 Å². The SMILES string of the molecule is C.C=C.CC.CC.CCCCC.Cc1ccc(C2CCC(c3ccc(C(C)(C)C)cc3)CC2)cc1. The molecule has 2 aromatic rings. The predicted octanol–water partition coefficient (Wildman–Crippen LogP) is 12.4. The molecule has 0 aliphatic heterocycles. The van der Waals surface area contributed by atoms with Crippen LogP contribution in [0.1, 0.15) is 149 Å². The fourth-order valence-corrected chi connectivity index (χ4v) is 4.21. The predicted molar refractivity (Wildman–Crippen MR) is 166 cm³/mol. The third-order valence-corrected chi connectivity index (χ3v) is 6.23. The Kier molecular flexibility index (Phi) is 24.4. The van der Waals surface area contributed by atoms with Crippen LogP contribution >= 0.6 is 0 Å². The molecule has 1 aliphatic rings. The standard InChI is InChI=1S/C23H30.C5H12.2C2H6.C2H4.CH4/c1-17-5-7-18(8-6-17)19-9-11-20(12-10-19)21-13-15-22(16-14-21)23(2,3)4;1-3-5-4-2;3*1-2;/h5-8,13-16,19-20H,9-12H2,1-4H3;3-5H2,1-2H3;2*1-2H3;1-2H2;1H4. The highest BCUT2D eigenvalue weighted by atomic mass is 14.3. The molecule has 0 radical (unpaired) electrons. The van der Waals surface area contributed by atoms with E-state index < -0.39 is 0 Å². The average Bonchev–Trinajstić information content (AvgIpc) is 2.89. The average molecular weight is 483 g/mol. The van der Waals surface area contributed by atoms with Crippen molar-refractivity contribution in [3.05, 3.63) is 83.9 Å². The largest absolute Gasteiger partial charge is 0.106 e. The number of aryl methyl sites for hydroxylation is 1. The zero-order chi connectivity index (χ0) is 26.6. The highest BCUT2D eigenvalue weighted by molar-refractivity contribution is 5.30. The highest BCUT2D eigenvalue weighted by Gasteiger charge is 2.23. The summed E-state index contributed by atoms with van der Waals surface area (Å²) in [5.41, 5.74) is 6.13. The molecule has 0 spiro atoms. The number of rotatable bonds is 4. The van der Waals surface area contributed by atoms with Crippen LogP contribution in [0.3, 0.4) is 0 Å². The monoisotopic (exact) mass is 482 g/mol. The van der Waals surface area contributed by atoms with Gasteiger partial charge in [0.1, 0.15) is 0 Å². The number of hydrogen-bond acceptors (Lipinski definition) is 0. The first-order chi connectivity index (χ1) is 16.3. The number of benzene rings is 2. The van der Waals surface area contributed by atoms with Gasteiger partial charge in [0, 0.05) is 0 Å². The summed E-state index contributed by atoms with van der Waals surface area (Å²) < 4.78 is 0. The Balaban J connectivity index is -0.000000738. The van der Waals surface area contributed by atoms with Crippen LogP contribution < -0.4 is 0 Å². The second-order valence-corrected chi connectivity index (χ2v) is 9.68. The van der Waals surface area contributed by atoms with Gasteiger partial charge in [0.15, 0.2) is 0 Å². The normalized spacial score (nSPS) is 16.2. The van der Waals surface area contributed by atoms with Gasteiger partial charge >= 0.3 is 0 Å². The molecule has 0 nitrogen and oxygen atoms in total. The molecule has 2 aromatic carbocycles. The molecule has 0 aromatic heterocycles. The van der Waals surface area contributed by atoms with E-state index in [1.807, 2.05) is 27.7 Å². The molecule has 0 unspecified atom stereocenters. The molecule has 0 saturated heterocycles. The van der Waals surface area contributed by atoms with Gasteiger partial charge in [0.05, 0.1) is 0 Å². The maximum atomic E-state index is 3.00. The van der Waals surface area contributed by atoms with Crippen LogP contribution in [-0.4, -0.2) is 0 Å². The summed E-state index contributed by atoms with van der Waals surface area (Å²) in [6.45, 7) is 27.5. The molecule has 1 saturated carbocycles. The molecule has 3 rings (SSSR count). The summed E-state index contributed by atoms with van der Waals surface area (Å²) >= 11 is 0.